The molecule has 29 heavy (non-hydrogen) atoms. The van der Waals surface area contributed by atoms with E-state index < -0.39 is 9.84 Å². The molecular weight excluding hydrogens is 408 g/mol. The summed E-state index contributed by atoms with van der Waals surface area (Å²) in [5.74, 6) is 0.714. The molecule has 1 amide bonds. The summed E-state index contributed by atoms with van der Waals surface area (Å²) in [6.45, 7) is 0.450. The Labute approximate surface area is 174 Å². The van der Waals surface area contributed by atoms with Gasteiger partial charge in [-0.15, -0.1) is 0 Å². The molecule has 2 aliphatic heterocycles. The number of sulfone groups is 1. The number of benzene rings is 2. The molecule has 8 heteroatoms. The van der Waals surface area contributed by atoms with Crippen molar-refractivity contribution in [3.8, 4) is 5.75 Å². The fourth-order valence-corrected chi connectivity index (χ4v) is 7.72. The lowest BCUT2D eigenvalue weighted by Crippen LogP contribution is -2.37. The molecule has 0 aliphatic carbocycles. The number of ether oxygens (including phenoxy) is 1. The van der Waals surface area contributed by atoms with E-state index in [0.717, 1.165) is 16.9 Å². The SMILES string of the molecule is COc1ccccc1CN1C(=NC(=O)Cc2ccccc2)S[C@H]2CS(=O)(=O)C[C@H]21. The molecule has 4 rings (SSSR count). The Morgan fingerprint density at radius 2 is 1.86 bits per heavy atom. The van der Waals surface area contributed by atoms with Crippen LogP contribution in [0.1, 0.15) is 11.1 Å². The molecule has 0 saturated carbocycles. The van der Waals surface area contributed by atoms with Crippen molar-refractivity contribution in [3.05, 3.63) is 65.7 Å². The first-order chi connectivity index (χ1) is 13.9. The third kappa shape index (κ3) is 4.48. The van der Waals surface area contributed by atoms with Crippen LogP contribution < -0.4 is 4.74 Å². The number of carbonyl (C=O) groups excluding carboxylic acids is 1. The molecule has 0 aromatic heterocycles. The first kappa shape index (κ1) is 20.0. The lowest BCUT2D eigenvalue weighted by molar-refractivity contribution is -0.117. The monoisotopic (exact) mass is 430 g/mol. The number of carbonyl (C=O) groups is 1. The van der Waals surface area contributed by atoms with Crippen molar-refractivity contribution in [1.29, 1.82) is 0 Å². The van der Waals surface area contributed by atoms with Crippen molar-refractivity contribution in [1.82, 2.24) is 4.90 Å². The number of fused-ring (bicyclic) bond motifs is 1. The highest BCUT2D eigenvalue weighted by Gasteiger charge is 2.48. The third-order valence-corrected chi connectivity index (χ3v) is 8.37. The van der Waals surface area contributed by atoms with Gasteiger partial charge in [0.25, 0.3) is 5.91 Å². The summed E-state index contributed by atoms with van der Waals surface area (Å²) >= 11 is 1.40. The fraction of sp³-hybridized carbons (Fsp3) is 0.333. The highest BCUT2D eigenvalue weighted by Crippen LogP contribution is 2.39. The van der Waals surface area contributed by atoms with Crippen LogP contribution in [0.15, 0.2) is 59.6 Å². The van der Waals surface area contributed by atoms with Crippen LogP contribution in [0.4, 0.5) is 0 Å². The summed E-state index contributed by atoms with van der Waals surface area (Å²) in [6.07, 6.45) is 0.223. The highest BCUT2D eigenvalue weighted by molar-refractivity contribution is 8.15. The van der Waals surface area contributed by atoms with Crippen molar-refractivity contribution < 1.29 is 17.9 Å². The molecule has 2 fully saturated rings. The zero-order valence-electron chi connectivity index (χ0n) is 16.0. The van der Waals surface area contributed by atoms with E-state index in [-0.39, 0.29) is 35.1 Å². The third-order valence-electron chi connectivity index (χ3n) is 5.13. The number of methoxy groups -OCH3 is 1. The average molecular weight is 431 g/mol. The van der Waals surface area contributed by atoms with Crippen molar-refractivity contribution in [2.45, 2.75) is 24.3 Å². The number of amidine groups is 1. The number of amides is 1. The van der Waals surface area contributed by atoms with Crippen LogP contribution in [0, 0.1) is 0 Å². The predicted molar refractivity (Wildman–Crippen MR) is 115 cm³/mol. The first-order valence-corrected chi connectivity index (χ1v) is 12.1. The van der Waals surface area contributed by atoms with Gasteiger partial charge in [-0.3, -0.25) is 4.79 Å². The van der Waals surface area contributed by atoms with E-state index in [4.69, 9.17) is 4.74 Å². The van der Waals surface area contributed by atoms with Gasteiger partial charge in [0.05, 0.1) is 31.1 Å². The number of thioether (sulfide) groups is 1. The van der Waals surface area contributed by atoms with E-state index in [1.54, 1.807) is 7.11 Å². The van der Waals surface area contributed by atoms with Crippen LogP contribution in [-0.4, -0.2) is 54.3 Å². The van der Waals surface area contributed by atoms with Gasteiger partial charge in [0, 0.05) is 17.4 Å². The van der Waals surface area contributed by atoms with Crippen LogP contribution >= 0.6 is 11.8 Å². The van der Waals surface area contributed by atoms with E-state index in [0.29, 0.717) is 11.7 Å². The van der Waals surface area contributed by atoms with Gasteiger partial charge in [-0.05, 0) is 11.6 Å². The summed E-state index contributed by atoms with van der Waals surface area (Å²) in [5, 5.41) is 0.500. The smallest absolute Gasteiger partial charge is 0.252 e. The van der Waals surface area contributed by atoms with Gasteiger partial charge in [-0.2, -0.15) is 4.99 Å². The van der Waals surface area contributed by atoms with Gasteiger partial charge in [0.15, 0.2) is 15.0 Å². The van der Waals surface area contributed by atoms with E-state index in [1.165, 1.54) is 11.8 Å². The molecule has 0 unspecified atom stereocenters. The van der Waals surface area contributed by atoms with Gasteiger partial charge in [-0.1, -0.05) is 60.3 Å². The Kier molecular flexibility index (Phi) is 5.65. The van der Waals surface area contributed by atoms with Crippen LogP contribution in [0.3, 0.4) is 0 Å². The molecule has 2 aromatic carbocycles. The quantitative estimate of drug-likeness (QED) is 0.726. The molecule has 2 heterocycles. The molecule has 0 N–H and O–H groups in total. The Hall–Kier alpha value is -2.32. The normalized spacial score (nSPS) is 23.9. The predicted octanol–water partition coefficient (Wildman–Crippen LogP) is 2.53. The number of aliphatic imine (C=N–C) groups is 1. The molecule has 0 bridgehead atoms. The van der Waals surface area contributed by atoms with Gasteiger partial charge < -0.3 is 9.64 Å². The van der Waals surface area contributed by atoms with Crippen molar-refractivity contribution in [2.24, 2.45) is 4.99 Å². The van der Waals surface area contributed by atoms with E-state index >= 15 is 0 Å². The number of nitrogens with zero attached hydrogens (tertiary/aromatic N) is 2. The highest BCUT2D eigenvalue weighted by atomic mass is 32.2. The summed E-state index contributed by atoms with van der Waals surface area (Å²) in [5.41, 5.74) is 1.84. The maximum absolute atomic E-state index is 12.6. The number of rotatable bonds is 5. The van der Waals surface area contributed by atoms with E-state index in [1.807, 2.05) is 59.5 Å². The summed E-state index contributed by atoms with van der Waals surface area (Å²) in [7, 11) is -1.47. The van der Waals surface area contributed by atoms with Crippen molar-refractivity contribution in [2.75, 3.05) is 18.6 Å². The van der Waals surface area contributed by atoms with E-state index in [2.05, 4.69) is 4.99 Å². The lowest BCUT2D eigenvalue weighted by atomic mass is 10.1. The second-order valence-corrected chi connectivity index (χ2v) is 10.6. The molecule has 2 aromatic rings. The van der Waals surface area contributed by atoms with E-state index in [9.17, 15) is 13.2 Å². The van der Waals surface area contributed by atoms with Crippen molar-refractivity contribution in [3.63, 3.8) is 0 Å². The maximum Gasteiger partial charge on any atom is 0.252 e. The maximum atomic E-state index is 12.6. The van der Waals surface area contributed by atoms with Gasteiger partial charge in [0.2, 0.25) is 0 Å². The fourth-order valence-electron chi connectivity index (χ4n) is 3.75. The zero-order chi connectivity index (χ0) is 20.4. The van der Waals surface area contributed by atoms with Crippen LogP contribution in [0.2, 0.25) is 0 Å². The van der Waals surface area contributed by atoms with Crippen LogP contribution in [-0.2, 0) is 27.6 Å². The molecular formula is C21H22N2O4S2. The Balaban J connectivity index is 1.60. The Morgan fingerprint density at radius 3 is 2.62 bits per heavy atom. The number of hydrogen-bond acceptors (Lipinski definition) is 5. The summed E-state index contributed by atoms with van der Waals surface area (Å²) in [4.78, 5) is 18.9. The largest absolute Gasteiger partial charge is 0.496 e. The van der Waals surface area contributed by atoms with Crippen molar-refractivity contribution >= 4 is 32.7 Å². The summed E-state index contributed by atoms with van der Waals surface area (Å²) in [6, 6.07) is 16.9. The minimum absolute atomic E-state index is 0.0890. The first-order valence-electron chi connectivity index (χ1n) is 9.36. The Bertz CT molecular complexity index is 1040. The summed E-state index contributed by atoms with van der Waals surface area (Å²) < 4.78 is 29.8. The molecule has 152 valence electrons. The minimum Gasteiger partial charge on any atom is -0.496 e. The minimum atomic E-state index is -3.08. The molecule has 2 aliphatic rings. The lowest BCUT2D eigenvalue weighted by Gasteiger charge is -2.25. The van der Waals surface area contributed by atoms with Gasteiger partial charge in [0.1, 0.15) is 5.75 Å². The van der Waals surface area contributed by atoms with Crippen LogP contribution in [0.25, 0.3) is 0 Å². The standard InChI is InChI=1S/C21H22N2O4S2/c1-27-18-10-6-5-9-16(18)12-23-17-13-29(25,26)14-19(17)28-21(23)22-20(24)11-15-7-3-2-4-8-15/h2-10,17,19H,11-14H2,1H3/t17-,19+/m1/s1. The number of para-hydroxylation sites is 1. The molecule has 2 atom stereocenters. The zero-order valence-corrected chi connectivity index (χ0v) is 17.7. The Morgan fingerprint density at radius 1 is 1.14 bits per heavy atom. The second kappa shape index (κ2) is 8.20. The van der Waals surface area contributed by atoms with Crippen LogP contribution in [0.5, 0.6) is 5.75 Å². The second-order valence-electron chi connectivity index (χ2n) is 7.19. The van der Waals surface area contributed by atoms with Gasteiger partial charge >= 0.3 is 0 Å². The molecule has 2 saturated heterocycles. The molecule has 6 nitrogen and oxygen atoms in total. The van der Waals surface area contributed by atoms with Gasteiger partial charge in [-0.25, -0.2) is 8.42 Å². The number of hydrogen-bond donors (Lipinski definition) is 0. The molecule has 0 spiro atoms. The molecule has 0 radical (unpaired) electrons. The topological polar surface area (TPSA) is 76.0 Å². The average Bonchev–Trinajstić information content (AvgIpc) is 3.15.